The average Bonchev–Trinajstić information content (AvgIpc) is 2.64. The molecule has 1 aromatic carbocycles. The Morgan fingerprint density at radius 3 is 2.81 bits per heavy atom. The van der Waals surface area contributed by atoms with Crippen molar-refractivity contribution in [1.82, 2.24) is 5.32 Å². The molecule has 0 spiro atoms. The van der Waals surface area contributed by atoms with Crippen LogP contribution in [0.5, 0.6) is 0 Å². The zero-order valence-corrected chi connectivity index (χ0v) is 9.23. The Labute approximate surface area is 93.3 Å². The maximum atomic E-state index is 10.7. The van der Waals surface area contributed by atoms with Gasteiger partial charge in [0.25, 0.3) is 5.69 Å². The lowest BCUT2D eigenvalue weighted by Gasteiger charge is -2.06. The van der Waals surface area contributed by atoms with Crippen LogP contribution >= 0.6 is 0 Å². The lowest BCUT2D eigenvalue weighted by Crippen LogP contribution is -2.27. The van der Waals surface area contributed by atoms with Gasteiger partial charge in [0.05, 0.1) is 11.5 Å². The van der Waals surface area contributed by atoms with Crippen LogP contribution < -0.4 is 5.32 Å². The first-order valence-corrected chi connectivity index (χ1v) is 5.14. The van der Waals surface area contributed by atoms with Crippen LogP contribution in [0.4, 0.5) is 5.69 Å². The van der Waals surface area contributed by atoms with Crippen LogP contribution in [-0.2, 0) is 0 Å². The van der Waals surface area contributed by atoms with Gasteiger partial charge in [0.2, 0.25) is 0 Å². The van der Waals surface area contributed by atoms with Gasteiger partial charge in [-0.3, -0.25) is 15.1 Å². The summed E-state index contributed by atoms with van der Waals surface area (Å²) in [5.41, 5.74) is 1.72. The van der Waals surface area contributed by atoms with Crippen molar-refractivity contribution in [3.05, 3.63) is 39.4 Å². The van der Waals surface area contributed by atoms with E-state index >= 15 is 0 Å². The third kappa shape index (κ3) is 1.88. The number of aliphatic imine (C=N–C) groups is 1. The molecule has 5 nitrogen and oxygen atoms in total. The highest BCUT2D eigenvalue weighted by molar-refractivity contribution is 6.00. The number of aryl methyl sites for hydroxylation is 1. The lowest BCUT2D eigenvalue weighted by atomic mass is 10.1. The van der Waals surface area contributed by atoms with Crippen molar-refractivity contribution in [2.24, 2.45) is 4.99 Å². The first kappa shape index (κ1) is 10.6. The highest BCUT2D eigenvalue weighted by Gasteiger charge is 2.17. The predicted molar refractivity (Wildman–Crippen MR) is 61.8 cm³/mol. The molecule has 1 aliphatic rings. The van der Waals surface area contributed by atoms with E-state index in [4.69, 9.17) is 0 Å². The van der Waals surface area contributed by atoms with Crippen LogP contribution in [0.1, 0.15) is 18.1 Å². The fraction of sp³-hybridized carbons (Fsp3) is 0.364. The fourth-order valence-electron chi connectivity index (χ4n) is 1.74. The quantitative estimate of drug-likeness (QED) is 0.607. The maximum absolute atomic E-state index is 10.7. The summed E-state index contributed by atoms with van der Waals surface area (Å²) in [6.45, 7) is 4.54. The highest BCUT2D eigenvalue weighted by atomic mass is 16.6. The smallest absolute Gasteiger partial charge is 0.272 e. The van der Waals surface area contributed by atoms with Gasteiger partial charge in [-0.05, 0) is 26.0 Å². The molecule has 84 valence electrons. The second kappa shape index (κ2) is 3.92. The van der Waals surface area contributed by atoms with E-state index in [1.165, 1.54) is 6.07 Å². The van der Waals surface area contributed by atoms with Gasteiger partial charge < -0.3 is 5.32 Å². The highest BCUT2D eigenvalue weighted by Crippen LogP contribution is 2.19. The fourth-order valence-corrected chi connectivity index (χ4v) is 1.74. The summed E-state index contributed by atoms with van der Waals surface area (Å²) in [6.07, 6.45) is 0. The van der Waals surface area contributed by atoms with Gasteiger partial charge in [0.15, 0.2) is 0 Å². The summed E-state index contributed by atoms with van der Waals surface area (Å²) < 4.78 is 0. The Hall–Kier alpha value is -1.91. The summed E-state index contributed by atoms with van der Waals surface area (Å²) in [5.74, 6) is 0.825. The van der Waals surface area contributed by atoms with Crippen LogP contribution in [0.25, 0.3) is 0 Å². The summed E-state index contributed by atoms with van der Waals surface area (Å²) >= 11 is 0. The second-order valence-electron chi connectivity index (χ2n) is 3.99. The molecule has 0 saturated carbocycles. The first-order chi connectivity index (χ1) is 7.58. The SMILES string of the molecule is Cc1cc(C2=NCC(C)N2)ccc1[N+](=O)[O-]. The van der Waals surface area contributed by atoms with Gasteiger partial charge in [-0.2, -0.15) is 0 Å². The number of benzene rings is 1. The Morgan fingerprint density at radius 1 is 1.56 bits per heavy atom. The molecule has 5 heteroatoms. The number of nitrogens with one attached hydrogen (secondary N) is 1. The molecule has 0 amide bonds. The Kier molecular flexibility index (Phi) is 2.60. The van der Waals surface area contributed by atoms with E-state index < -0.39 is 0 Å². The maximum Gasteiger partial charge on any atom is 0.272 e. The van der Waals surface area contributed by atoms with Crippen molar-refractivity contribution < 1.29 is 4.92 Å². The molecule has 1 unspecified atom stereocenters. The number of hydrogen-bond donors (Lipinski definition) is 1. The van der Waals surface area contributed by atoms with E-state index in [0.717, 1.165) is 17.9 Å². The molecule has 1 aliphatic heterocycles. The van der Waals surface area contributed by atoms with Crippen molar-refractivity contribution in [2.75, 3.05) is 6.54 Å². The van der Waals surface area contributed by atoms with Gasteiger partial charge in [0.1, 0.15) is 5.84 Å². The zero-order chi connectivity index (χ0) is 11.7. The van der Waals surface area contributed by atoms with Gasteiger partial charge in [0, 0.05) is 23.2 Å². The summed E-state index contributed by atoms with van der Waals surface area (Å²) in [4.78, 5) is 14.6. The normalized spacial score (nSPS) is 19.1. The molecule has 0 fully saturated rings. The Balaban J connectivity index is 2.32. The molecule has 16 heavy (non-hydrogen) atoms. The summed E-state index contributed by atoms with van der Waals surface area (Å²) in [5, 5.41) is 13.9. The molecule has 0 aromatic heterocycles. The number of nitro groups is 1. The molecule has 1 heterocycles. The molecule has 1 aromatic rings. The minimum absolute atomic E-state index is 0.149. The summed E-state index contributed by atoms with van der Waals surface area (Å²) in [6, 6.07) is 5.39. The largest absolute Gasteiger partial charge is 0.366 e. The van der Waals surface area contributed by atoms with E-state index in [1.807, 2.05) is 0 Å². The van der Waals surface area contributed by atoms with Crippen molar-refractivity contribution in [1.29, 1.82) is 0 Å². The van der Waals surface area contributed by atoms with Crippen LogP contribution in [0.2, 0.25) is 0 Å². The van der Waals surface area contributed by atoms with Crippen LogP contribution in [0, 0.1) is 17.0 Å². The molecular weight excluding hydrogens is 206 g/mol. The standard InChI is InChI=1S/C11H13N3O2/c1-7-5-9(3-4-10(7)14(15)16)11-12-6-8(2)13-11/h3-5,8H,6H2,1-2H3,(H,12,13). The second-order valence-corrected chi connectivity index (χ2v) is 3.99. The topological polar surface area (TPSA) is 67.5 Å². The minimum Gasteiger partial charge on any atom is -0.366 e. The molecule has 2 rings (SSSR count). The van der Waals surface area contributed by atoms with E-state index in [2.05, 4.69) is 17.2 Å². The van der Waals surface area contributed by atoms with E-state index in [-0.39, 0.29) is 10.6 Å². The number of hydrogen-bond acceptors (Lipinski definition) is 4. The number of amidine groups is 1. The Bertz CT molecular complexity index is 468. The number of nitrogens with zero attached hydrogens (tertiary/aromatic N) is 2. The van der Waals surface area contributed by atoms with Crippen molar-refractivity contribution in [3.8, 4) is 0 Å². The van der Waals surface area contributed by atoms with E-state index in [9.17, 15) is 10.1 Å². The average molecular weight is 219 g/mol. The van der Waals surface area contributed by atoms with E-state index in [1.54, 1.807) is 19.1 Å². The predicted octanol–water partition coefficient (Wildman–Crippen LogP) is 1.64. The van der Waals surface area contributed by atoms with Crippen molar-refractivity contribution in [3.63, 3.8) is 0 Å². The lowest BCUT2D eigenvalue weighted by molar-refractivity contribution is -0.385. The zero-order valence-electron chi connectivity index (χ0n) is 9.23. The monoisotopic (exact) mass is 219 g/mol. The van der Waals surface area contributed by atoms with Crippen LogP contribution in [-0.4, -0.2) is 23.3 Å². The number of nitro benzene ring substituents is 1. The third-order valence-electron chi connectivity index (χ3n) is 2.57. The van der Waals surface area contributed by atoms with Crippen molar-refractivity contribution in [2.45, 2.75) is 19.9 Å². The van der Waals surface area contributed by atoms with Crippen LogP contribution in [0.15, 0.2) is 23.2 Å². The van der Waals surface area contributed by atoms with Gasteiger partial charge >= 0.3 is 0 Å². The van der Waals surface area contributed by atoms with Crippen LogP contribution in [0.3, 0.4) is 0 Å². The summed E-state index contributed by atoms with van der Waals surface area (Å²) in [7, 11) is 0. The Morgan fingerprint density at radius 2 is 2.31 bits per heavy atom. The van der Waals surface area contributed by atoms with E-state index in [0.29, 0.717) is 11.6 Å². The minimum atomic E-state index is -0.369. The first-order valence-electron chi connectivity index (χ1n) is 5.14. The third-order valence-corrected chi connectivity index (χ3v) is 2.57. The molecule has 0 saturated heterocycles. The molecule has 1 N–H and O–H groups in total. The number of rotatable bonds is 2. The van der Waals surface area contributed by atoms with Gasteiger partial charge in [-0.1, -0.05) is 0 Å². The van der Waals surface area contributed by atoms with Gasteiger partial charge in [-0.25, -0.2) is 0 Å². The molecule has 0 aliphatic carbocycles. The van der Waals surface area contributed by atoms with Crippen molar-refractivity contribution >= 4 is 11.5 Å². The molecular formula is C11H13N3O2. The van der Waals surface area contributed by atoms with Gasteiger partial charge in [-0.15, -0.1) is 0 Å². The molecule has 1 atom stereocenters. The molecule has 0 radical (unpaired) electrons. The molecule has 0 bridgehead atoms.